The Kier molecular flexibility index (Phi) is 5.36. The molecule has 10 heteroatoms. The molecule has 0 bridgehead atoms. The molecule has 2 N–H and O–H groups in total. The first-order valence-corrected chi connectivity index (χ1v) is 9.66. The van der Waals surface area contributed by atoms with Crippen molar-refractivity contribution in [3.05, 3.63) is 54.0 Å². The van der Waals surface area contributed by atoms with Crippen LogP contribution in [0.2, 0.25) is 0 Å². The van der Waals surface area contributed by atoms with Crippen LogP contribution in [0.5, 0.6) is 5.75 Å². The van der Waals surface area contributed by atoms with Crippen LogP contribution < -0.4 is 4.74 Å². The van der Waals surface area contributed by atoms with Gasteiger partial charge in [-0.2, -0.15) is 5.10 Å². The van der Waals surface area contributed by atoms with Crippen LogP contribution in [-0.2, 0) is 13.1 Å². The van der Waals surface area contributed by atoms with Crippen LogP contribution in [-0.4, -0.2) is 35.9 Å². The lowest BCUT2D eigenvalue weighted by Crippen LogP contribution is -2.17. The van der Waals surface area contributed by atoms with E-state index in [9.17, 15) is 23.4 Å². The van der Waals surface area contributed by atoms with Gasteiger partial charge in [0.25, 0.3) is 0 Å². The molecule has 0 saturated carbocycles. The van der Waals surface area contributed by atoms with Gasteiger partial charge in [0.2, 0.25) is 0 Å². The molecule has 0 amide bonds. The summed E-state index contributed by atoms with van der Waals surface area (Å²) in [6, 6.07) is 7.50. The van der Waals surface area contributed by atoms with Crippen LogP contribution in [0.4, 0.5) is 13.2 Å². The first-order valence-electron chi connectivity index (χ1n) is 9.66. The summed E-state index contributed by atoms with van der Waals surface area (Å²) in [5.74, 6) is -0.0198. The van der Waals surface area contributed by atoms with E-state index >= 15 is 0 Å². The lowest BCUT2D eigenvalue weighted by Gasteiger charge is -2.14. The smallest absolute Gasteiger partial charge is 0.406 e. The molecule has 0 saturated heterocycles. The van der Waals surface area contributed by atoms with Crippen molar-refractivity contribution in [2.45, 2.75) is 39.6 Å². The number of imidazole rings is 1. The minimum Gasteiger partial charge on any atom is -0.406 e. The molecule has 2 aromatic heterocycles. The summed E-state index contributed by atoms with van der Waals surface area (Å²) >= 11 is 0. The summed E-state index contributed by atoms with van der Waals surface area (Å²) in [5.41, 5.74) is 2.87. The lowest BCUT2D eigenvalue weighted by molar-refractivity contribution is -0.274. The SMILES string of the molecule is CC(C)Cn1ncc2cc(OC(F)(F)F)cc(Cn3cnc4cc(C(O)O)ccc43)c21. The molecule has 0 aliphatic carbocycles. The monoisotopic (exact) mass is 434 g/mol. The molecule has 7 nitrogen and oxygen atoms in total. The molecule has 2 aromatic carbocycles. The predicted octanol–water partition coefficient (Wildman–Crippen LogP) is 3.97. The van der Waals surface area contributed by atoms with E-state index in [0.29, 0.717) is 40.0 Å². The summed E-state index contributed by atoms with van der Waals surface area (Å²) in [5, 5.41) is 23.6. The van der Waals surface area contributed by atoms with Crippen LogP contribution in [0.15, 0.2) is 42.9 Å². The molecule has 4 rings (SSSR count). The Morgan fingerprint density at radius 2 is 1.90 bits per heavy atom. The van der Waals surface area contributed by atoms with Crippen molar-refractivity contribution in [1.29, 1.82) is 0 Å². The third kappa shape index (κ3) is 4.49. The molecule has 0 spiro atoms. The number of hydrogen-bond donors (Lipinski definition) is 2. The van der Waals surface area contributed by atoms with Gasteiger partial charge in [-0.05, 0) is 30.2 Å². The minimum atomic E-state index is -4.80. The van der Waals surface area contributed by atoms with E-state index in [0.717, 1.165) is 5.52 Å². The van der Waals surface area contributed by atoms with Crippen LogP contribution >= 0.6 is 0 Å². The first-order chi connectivity index (χ1) is 14.6. The predicted molar refractivity (Wildman–Crippen MR) is 107 cm³/mol. The number of halogens is 3. The zero-order valence-electron chi connectivity index (χ0n) is 16.8. The highest BCUT2D eigenvalue weighted by Gasteiger charge is 2.31. The van der Waals surface area contributed by atoms with Gasteiger partial charge in [-0.25, -0.2) is 4.98 Å². The maximum atomic E-state index is 12.8. The van der Waals surface area contributed by atoms with Crippen molar-refractivity contribution in [2.24, 2.45) is 5.92 Å². The van der Waals surface area contributed by atoms with Crippen molar-refractivity contribution in [3.8, 4) is 5.75 Å². The zero-order chi connectivity index (χ0) is 22.3. The van der Waals surface area contributed by atoms with Crippen LogP contribution in [0, 0.1) is 5.92 Å². The molecule has 164 valence electrons. The molecule has 2 heterocycles. The van der Waals surface area contributed by atoms with Gasteiger partial charge in [0.15, 0.2) is 6.29 Å². The second-order valence-corrected chi connectivity index (χ2v) is 7.78. The summed E-state index contributed by atoms with van der Waals surface area (Å²) in [6.45, 7) is 4.90. The molecule has 0 radical (unpaired) electrons. The lowest BCUT2D eigenvalue weighted by atomic mass is 10.1. The van der Waals surface area contributed by atoms with Crippen molar-refractivity contribution >= 4 is 21.9 Å². The molecule has 31 heavy (non-hydrogen) atoms. The van der Waals surface area contributed by atoms with E-state index in [1.54, 1.807) is 33.8 Å². The van der Waals surface area contributed by atoms with Crippen LogP contribution in [0.25, 0.3) is 21.9 Å². The second-order valence-electron chi connectivity index (χ2n) is 7.78. The van der Waals surface area contributed by atoms with E-state index in [1.807, 2.05) is 13.8 Å². The number of rotatable bonds is 6. The number of nitrogens with zero attached hydrogens (tertiary/aromatic N) is 4. The Bertz CT molecular complexity index is 1230. The Hall–Kier alpha value is -3.11. The highest BCUT2D eigenvalue weighted by atomic mass is 19.4. The highest BCUT2D eigenvalue weighted by Crippen LogP contribution is 2.31. The summed E-state index contributed by atoms with van der Waals surface area (Å²) in [7, 11) is 0. The van der Waals surface area contributed by atoms with Crippen LogP contribution in [0.1, 0.15) is 31.3 Å². The minimum absolute atomic E-state index is 0.229. The Morgan fingerprint density at radius 1 is 1.13 bits per heavy atom. The third-order valence-electron chi connectivity index (χ3n) is 4.84. The third-order valence-corrected chi connectivity index (χ3v) is 4.84. The maximum Gasteiger partial charge on any atom is 0.573 e. The summed E-state index contributed by atoms with van der Waals surface area (Å²) in [6.07, 6.45) is -3.33. The van der Waals surface area contributed by atoms with E-state index in [2.05, 4.69) is 14.8 Å². The molecule has 0 aliphatic rings. The molecule has 4 aromatic rings. The average molecular weight is 434 g/mol. The van der Waals surface area contributed by atoms with Gasteiger partial charge >= 0.3 is 6.36 Å². The number of hydrogen-bond acceptors (Lipinski definition) is 5. The van der Waals surface area contributed by atoms with E-state index in [-0.39, 0.29) is 12.3 Å². The average Bonchev–Trinajstić information content (AvgIpc) is 3.24. The zero-order valence-corrected chi connectivity index (χ0v) is 16.8. The number of fused-ring (bicyclic) bond motifs is 2. The number of ether oxygens (including phenoxy) is 1. The fourth-order valence-electron chi connectivity index (χ4n) is 3.64. The van der Waals surface area contributed by atoms with Gasteiger partial charge in [-0.3, -0.25) is 4.68 Å². The van der Waals surface area contributed by atoms with Gasteiger partial charge in [0.05, 0.1) is 35.6 Å². The Labute approximate surface area is 175 Å². The molecular weight excluding hydrogens is 413 g/mol. The van der Waals surface area contributed by atoms with Gasteiger partial charge in [-0.15, -0.1) is 13.2 Å². The number of aromatic nitrogens is 4. The topological polar surface area (TPSA) is 85.3 Å². The summed E-state index contributed by atoms with van der Waals surface area (Å²) < 4.78 is 46.3. The normalized spacial score (nSPS) is 12.5. The fourth-order valence-corrected chi connectivity index (χ4v) is 3.64. The van der Waals surface area contributed by atoms with Crippen molar-refractivity contribution < 1.29 is 28.1 Å². The summed E-state index contributed by atoms with van der Waals surface area (Å²) in [4.78, 5) is 4.29. The second kappa shape index (κ2) is 7.86. The molecular formula is C21H21F3N4O3. The van der Waals surface area contributed by atoms with Crippen molar-refractivity contribution in [2.75, 3.05) is 0 Å². The fraction of sp³-hybridized carbons (Fsp3) is 0.333. The van der Waals surface area contributed by atoms with E-state index < -0.39 is 12.7 Å². The van der Waals surface area contributed by atoms with Gasteiger partial charge in [0, 0.05) is 23.1 Å². The molecule has 0 fully saturated rings. The van der Waals surface area contributed by atoms with Gasteiger partial charge in [0.1, 0.15) is 5.75 Å². The quantitative estimate of drug-likeness (QED) is 0.449. The van der Waals surface area contributed by atoms with Gasteiger partial charge < -0.3 is 19.5 Å². The van der Waals surface area contributed by atoms with Gasteiger partial charge in [-0.1, -0.05) is 19.9 Å². The van der Waals surface area contributed by atoms with Crippen molar-refractivity contribution in [3.63, 3.8) is 0 Å². The molecule has 0 unspecified atom stereocenters. The van der Waals surface area contributed by atoms with E-state index in [4.69, 9.17) is 0 Å². The number of aliphatic hydroxyl groups is 2. The standard InChI is InChI=1S/C21H21F3N4O3/c1-12(2)9-28-19-14(8-26-28)5-16(31-21(22,23)24)6-15(19)10-27-11-25-17-7-13(20(29)30)3-4-18(17)27/h3-8,11-12,20,29-30H,9-10H2,1-2H3. The van der Waals surface area contributed by atoms with Crippen molar-refractivity contribution in [1.82, 2.24) is 19.3 Å². The van der Waals surface area contributed by atoms with E-state index in [1.165, 1.54) is 18.3 Å². The largest absolute Gasteiger partial charge is 0.573 e. The Morgan fingerprint density at radius 3 is 2.58 bits per heavy atom. The Balaban J connectivity index is 1.81. The molecule has 0 aliphatic heterocycles. The number of alkyl halides is 3. The molecule has 0 atom stereocenters. The van der Waals surface area contributed by atoms with Crippen LogP contribution in [0.3, 0.4) is 0 Å². The number of aliphatic hydroxyl groups excluding tert-OH is 1. The first kappa shape index (κ1) is 21.1. The number of benzene rings is 2. The maximum absolute atomic E-state index is 12.8. The highest BCUT2D eigenvalue weighted by molar-refractivity contribution is 5.84.